The molecule has 0 aromatic carbocycles. The first-order chi connectivity index (χ1) is 21.6. The molecule has 256 valence electrons. The van der Waals surface area contributed by atoms with E-state index in [9.17, 15) is 4.79 Å². The number of nitrogens with zero attached hydrogens (tertiary/aromatic N) is 1. The summed E-state index contributed by atoms with van der Waals surface area (Å²) in [5.74, 6) is 0.00537. The highest BCUT2D eigenvalue weighted by Crippen LogP contribution is 2.18. The second kappa shape index (κ2) is 35.9. The molecule has 0 heterocycles. The van der Waals surface area contributed by atoms with Gasteiger partial charge in [0.25, 0.3) is 0 Å². The third-order valence-electron chi connectivity index (χ3n) is 8.22. The number of hydrogen-bond acceptors (Lipinski definition) is 3. The molecule has 0 aliphatic rings. The van der Waals surface area contributed by atoms with E-state index in [1.807, 2.05) is 0 Å². The molecule has 0 fully saturated rings. The molecule has 0 saturated heterocycles. The standard InChI is InChI=1S/C41H75NO2/c1-5-7-9-11-13-15-17-19-21-22-24-26-28-30-32-34-37-40(44-41(43)38-35-39-42(3)4)36-33-31-29-27-25-23-20-18-16-14-12-10-8-6-2/h10,12-13,15-16,18-19,21,40H,5-9,11,14,17,20,22-39H2,1-4H3/b12-10-,15-13-,18-16-,21-19-. The quantitative estimate of drug-likeness (QED) is 0.0419. The Balaban J connectivity index is 4.02. The summed E-state index contributed by atoms with van der Waals surface area (Å²) in [6.07, 6.45) is 49.8. The Hall–Kier alpha value is -1.61. The molecule has 0 saturated carbocycles. The van der Waals surface area contributed by atoms with Crippen molar-refractivity contribution in [3.63, 3.8) is 0 Å². The molecule has 0 amide bonds. The maximum Gasteiger partial charge on any atom is 0.306 e. The van der Waals surface area contributed by atoms with Crippen molar-refractivity contribution in [2.75, 3.05) is 20.6 Å². The number of hydrogen-bond donors (Lipinski definition) is 0. The van der Waals surface area contributed by atoms with E-state index < -0.39 is 0 Å². The van der Waals surface area contributed by atoms with Gasteiger partial charge in [0.05, 0.1) is 0 Å². The Morgan fingerprint density at radius 1 is 0.523 bits per heavy atom. The van der Waals surface area contributed by atoms with Gasteiger partial charge in [-0.25, -0.2) is 0 Å². The third kappa shape index (κ3) is 34.9. The summed E-state index contributed by atoms with van der Waals surface area (Å²) in [6, 6.07) is 0. The molecule has 44 heavy (non-hydrogen) atoms. The number of carbonyl (C=O) groups is 1. The van der Waals surface area contributed by atoms with E-state index in [4.69, 9.17) is 4.74 Å². The lowest BCUT2D eigenvalue weighted by atomic mass is 10.0. The second-order valence-corrected chi connectivity index (χ2v) is 13.1. The van der Waals surface area contributed by atoms with Gasteiger partial charge in [-0.15, -0.1) is 0 Å². The molecule has 3 nitrogen and oxygen atoms in total. The summed E-state index contributed by atoms with van der Waals surface area (Å²) in [6.45, 7) is 5.43. The number of carbonyl (C=O) groups excluding carboxylic acids is 1. The fourth-order valence-corrected chi connectivity index (χ4v) is 5.42. The van der Waals surface area contributed by atoms with Gasteiger partial charge in [0, 0.05) is 6.42 Å². The van der Waals surface area contributed by atoms with Crippen LogP contribution in [0.1, 0.15) is 181 Å². The Morgan fingerprint density at radius 2 is 0.955 bits per heavy atom. The lowest BCUT2D eigenvalue weighted by Crippen LogP contribution is -2.20. The first kappa shape index (κ1) is 42.4. The minimum Gasteiger partial charge on any atom is -0.462 e. The van der Waals surface area contributed by atoms with Crippen LogP contribution in [0.4, 0.5) is 0 Å². The SMILES string of the molecule is CCC/C=C\C/C=C\CCCCCCCCC(CCCCCCCC/C=C\C/C=C\CCCCC)OC(=O)CCCN(C)C. The zero-order valence-electron chi connectivity index (χ0n) is 30.1. The van der Waals surface area contributed by atoms with Crippen LogP contribution in [0.5, 0.6) is 0 Å². The predicted octanol–water partition coefficient (Wildman–Crippen LogP) is 12.9. The highest BCUT2D eigenvalue weighted by molar-refractivity contribution is 5.69. The molecule has 0 aliphatic heterocycles. The van der Waals surface area contributed by atoms with E-state index in [2.05, 4.69) is 81.5 Å². The van der Waals surface area contributed by atoms with Crippen molar-refractivity contribution in [2.45, 2.75) is 187 Å². The van der Waals surface area contributed by atoms with Crippen LogP contribution in [0.15, 0.2) is 48.6 Å². The molecule has 0 rings (SSSR count). The summed E-state index contributed by atoms with van der Waals surface area (Å²) in [5, 5.41) is 0. The predicted molar refractivity (Wildman–Crippen MR) is 196 cm³/mol. The van der Waals surface area contributed by atoms with E-state index in [0.717, 1.165) is 38.6 Å². The third-order valence-corrected chi connectivity index (χ3v) is 8.22. The molecule has 0 spiro atoms. The van der Waals surface area contributed by atoms with Crippen LogP contribution in [-0.2, 0) is 9.53 Å². The summed E-state index contributed by atoms with van der Waals surface area (Å²) < 4.78 is 5.99. The monoisotopic (exact) mass is 614 g/mol. The number of esters is 1. The van der Waals surface area contributed by atoms with E-state index >= 15 is 0 Å². The van der Waals surface area contributed by atoms with Gasteiger partial charge < -0.3 is 9.64 Å². The maximum absolute atomic E-state index is 12.5. The van der Waals surface area contributed by atoms with Crippen molar-refractivity contribution >= 4 is 5.97 Å². The number of ether oxygens (including phenoxy) is 1. The van der Waals surface area contributed by atoms with Crippen molar-refractivity contribution in [3.8, 4) is 0 Å². The first-order valence-corrected chi connectivity index (χ1v) is 19.0. The van der Waals surface area contributed by atoms with Crippen molar-refractivity contribution in [2.24, 2.45) is 0 Å². The average molecular weight is 614 g/mol. The Labute approximate surface area is 276 Å². The topological polar surface area (TPSA) is 29.5 Å². The largest absolute Gasteiger partial charge is 0.462 e. The summed E-state index contributed by atoms with van der Waals surface area (Å²) in [5.41, 5.74) is 0. The Bertz CT molecular complexity index is 705. The van der Waals surface area contributed by atoms with Crippen molar-refractivity contribution in [1.82, 2.24) is 4.90 Å². The van der Waals surface area contributed by atoms with Gasteiger partial charge in [-0.05, 0) is 111 Å². The van der Waals surface area contributed by atoms with Crippen LogP contribution in [0, 0.1) is 0 Å². The van der Waals surface area contributed by atoms with Gasteiger partial charge in [-0.2, -0.15) is 0 Å². The van der Waals surface area contributed by atoms with E-state index in [1.54, 1.807) is 0 Å². The zero-order chi connectivity index (χ0) is 32.2. The van der Waals surface area contributed by atoms with Gasteiger partial charge in [0.15, 0.2) is 0 Å². The molecule has 0 radical (unpaired) electrons. The normalized spacial score (nSPS) is 13.0. The molecule has 3 heteroatoms. The Kier molecular flexibility index (Phi) is 34.6. The van der Waals surface area contributed by atoms with Crippen LogP contribution < -0.4 is 0 Å². The van der Waals surface area contributed by atoms with Crippen molar-refractivity contribution in [1.29, 1.82) is 0 Å². The van der Waals surface area contributed by atoms with Crippen molar-refractivity contribution < 1.29 is 9.53 Å². The van der Waals surface area contributed by atoms with Crippen LogP contribution in [0.2, 0.25) is 0 Å². The van der Waals surface area contributed by atoms with Crippen LogP contribution >= 0.6 is 0 Å². The van der Waals surface area contributed by atoms with Crippen LogP contribution in [0.25, 0.3) is 0 Å². The second-order valence-electron chi connectivity index (χ2n) is 13.1. The molecular formula is C41H75NO2. The highest BCUT2D eigenvalue weighted by atomic mass is 16.5. The van der Waals surface area contributed by atoms with E-state index in [1.165, 1.54) is 128 Å². The van der Waals surface area contributed by atoms with Gasteiger partial charge in [0.1, 0.15) is 6.10 Å². The number of allylic oxidation sites excluding steroid dienone is 8. The maximum atomic E-state index is 12.5. The lowest BCUT2D eigenvalue weighted by Gasteiger charge is -2.18. The molecule has 0 aromatic heterocycles. The van der Waals surface area contributed by atoms with E-state index in [0.29, 0.717) is 6.42 Å². The number of rotatable bonds is 33. The van der Waals surface area contributed by atoms with Crippen LogP contribution in [0.3, 0.4) is 0 Å². The molecule has 1 atom stereocenters. The minimum absolute atomic E-state index is 0.00537. The fraction of sp³-hybridized carbons (Fsp3) is 0.780. The van der Waals surface area contributed by atoms with E-state index in [-0.39, 0.29) is 12.1 Å². The molecule has 0 N–H and O–H groups in total. The molecule has 1 unspecified atom stereocenters. The minimum atomic E-state index is 0.00537. The zero-order valence-corrected chi connectivity index (χ0v) is 30.1. The molecule has 0 bridgehead atoms. The van der Waals surface area contributed by atoms with Gasteiger partial charge in [0.2, 0.25) is 0 Å². The Morgan fingerprint density at radius 3 is 1.41 bits per heavy atom. The van der Waals surface area contributed by atoms with Crippen LogP contribution in [-0.4, -0.2) is 37.6 Å². The molecular weight excluding hydrogens is 538 g/mol. The fourth-order valence-electron chi connectivity index (χ4n) is 5.42. The molecule has 0 aromatic rings. The van der Waals surface area contributed by atoms with Gasteiger partial charge in [-0.3, -0.25) is 4.79 Å². The summed E-state index contributed by atoms with van der Waals surface area (Å²) >= 11 is 0. The molecule has 0 aliphatic carbocycles. The first-order valence-electron chi connectivity index (χ1n) is 19.0. The van der Waals surface area contributed by atoms with Gasteiger partial charge >= 0.3 is 5.97 Å². The highest BCUT2D eigenvalue weighted by Gasteiger charge is 2.14. The van der Waals surface area contributed by atoms with Gasteiger partial charge in [-0.1, -0.05) is 133 Å². The summed E-state index contributed by atoms with van der Waals surface area (Å²) in [7, 11) is 4.12. The average Bonchev–Trinajstić information content (AvgIpc) is 3.00. The summed E-state index contributed by atoms with van der Waals surface area (Å²) in [4.78, 5) is 14.6. The lowest BCUT2D eigenvalue weighted by molar-refractivity contribution is -0.150. The smallest absolute Gasteiger partial charge is 0.306 e. The number of unbranched alkanes of at least 4 members (excludes halogenated alkanes) is 16. The van der Waals surface area contributed by atoms with Crippen molar-refractivity contribution in [3.05, 3.63) is 48.6 Å².